The van der Waals surface area contributed by atoms with Crippen molar-refractivity contribution in [2.45, 2.75) is 31.5 Å². The lowest BCUT2D eigenvalue weighted by molar-refractivity contribution is -0.152. The number of ether oxygens (including phenoxy) is 3. The zero-order valence-electron chi connectivity index (χ0n) is 19.6. The third-order valence-corrected chi connectivity index (χ3v) is 8.69. The molecule has 6 rings (SSSR count). The van der Waals surface area contributed by atoms with Gasteiger partial charge in [-0.1, -0.05) is 23.5 Å². The number of hydrogen-bond donors (Lipinski definition) is 0. The van der Waals surface area contributed by atoms with E-state index in [0.717, 1.165) is 10.2 Å². The summed E-state index contributed by atoms with van der Waals surface area (Å²) in [6.07, 6.45) is 4.62. The lowest BCUT2D eigenvalue weighted by Crippen LogP contribution is -2.49. The molecule has 3 saturated heterocycles. The van der Waals surface area contributed by atoms with Crippen LogP contribution in [0.5, 0.6) is 5.75 Å². The van der Waals surface area contributed by atoms with Crippen molar-refractivity contribution >= 4 is 44.5 Å². The molecule has 2 aromatic rings. The summed E-state index contributed by atoms with van der Waals surface area (Å²) in [6.45, 7) is 3.45. The Morgan fingerprint density at radius 3 is 2.83 bits per heavy atom. The zero-order valence-corrected chi connectivity index (χ0v) is 20.5. The number of esters is 1. The van der Waals surface area contributed by atoms with Gasteiger partial charge < -0.3 is 19.1 Å². The van der Waals surface area contributed by atoms with Crippen molar-refractivity contribution in [1.82, 2.24) is 9.88 Å². The number of aromatic nitrogens is 1. The third kappa shape index (κ3) is 3.45. The summed E-state index contributed by atoms with van der Waals surface area (Å²) in [5.41, 5.74) is -0.0366. The highest BCUT2D eigenvalue weighted by Gasteiger charge is 2.67. The Morgan fingerprint density at radius 2 is 2.09 bits per heavy atom. The quantitative estimate of drug-likeness (QED) is 0.462. The van der Waals surface area contributed by atoms with Crippen LogP contribution in [0.15, 0.2) is 30.4 Å². The van der Waals surface area contributed by atoms with Gasteiger partial charge in [-0.25, -0.2) is 4.98 Å². The van der Waals surface area contributed by atoms with Crippen molar-refractivity contribution in [1.29, 1.82) is 0 Å². The topological polar surface area (TPSA) is 98.3 Å². The number of carbonyl (C=O) groups is 3. The molecule has 9 nitrogen and oxygen atoms in total. The minimum atomic E-state index is -0.805. The molecule has 0 aliphatic carbocycles. The van der Waals surface area contributed by atoms with Crippen LogP contribution in [0.2, 0.25) is 0 Å². The minimum Gasteiger partial charge on any atom is -0.497 e. The largest absolute Gasteiger partial charge is 0.497 e. The molecule has 10 heteroatoms. The standard InChI is InChI=1S/C25H27N3O6S/c1-3-33-23(31)14-7-10-27(11-8-14)21(29)19-17-6-9-25(34-17)13-28(22(30)20(19)25)24-26-16-12-15(32-2)4-5-18(16)35-24/h4-6,9,12,14,17,19-20H,3,7-8,10-11,13H2,1-2H3/t17-,19-,20+,25+/m0/s1. The van der Waals surface area contributed by atoms with Crippen molar-refractivity contribution in [2.24, 2.45) is 17.8 Å². The van der Waals surface area contributed by atoms with E-state index in [9.17, 15) is 14.4 Å². The first kappa shape index (κ1) is 22.5. The van der Waals surface area contributed by atoms with Gasteiger partial charge in [0.25, 0.3) is 0 Å². The van der Waals surface area contributed by atoms with Gasteiger partial charge in [-0.05, 0) is 31.9 Å². The molecule has 2 bridgehead atoms. The Bertz CT molecular complexity index is 1240. The van der Waals surface area contributed by atoms with E-state index in [1.807, 2.05) is 30.4 Å². The van der Waals surface area contributed by atoms with Crippen LogP contribution in [0.25, 0.3) is 10.2 Å². The van der Waals surface area contributed by atoms with Crippen molar-refractivity contribution < 1.29 is 28.6 Å². The summed E-state index contributed by atoms with van der Waals surface area (Å²) in [4.78, 5) is 47.6. The second-order valence-electron chi connectivity index (χ2n) is 9.51. The summed E-state index contributed by atoms with van der Waals surface area (Å²) in [7, 11) is 1.61. The summed E-state index contributed by atoms with van der Waals surface area (Å²) in [6, 6.07) is 5.66. The molecule has 0 unspecified atom stereocenters. The van der Waals surface area contributed by atoms with Crippen molar-refractivity contribution in [2.75, 3.05) is 38.3 Å². The van der Waals surface area contributed by atoms with Gasteiger partial charge in [-0.15, -0.1) is 0 Å². The van der Waals surface area contributed by atoms with Crippen LogP contribution in [-0.2, 0) is 23.9 Å². The maximum Gasteiger partial charge on any atom is 0.309 e. The number of anilines is 1. The number of piperidine rings is 1. The Morgan fingerprint density at radius 1 is 1.29 bits per heavy atom. The van der Waals surface area contributed by atoms with Crippen LogP contribution in [-0.4, -0.2) is 72.7 Å². The number of rotatable bonds is 5. The van der Waals surface area contributed by atoms with E-state index in [4.69, 9.17) is 14.2 Å². The van der Waals surface area contributed by atoms with Crippen LogP contribution in [0.4, 0.5) is 5.13 Å². The van der Waals surface area contributed by atoms with Gasteiger partial charge in [0.1, 0.15) is 11.4 Å². The highest BCUT2D eigenvalue weighted by Crippen LogP contribution is 2.53. The molecule has 1 aromatic carbocycles. The fourth-order valence-electron chi connectivity index (χ4n) is 5.89. The summed E-state index contributed by atoms with van der Waals surface area (Å²) in [5.74, 6) is -0.997. The monoisotopic (exact) mass is 497 g/mol. The molecule has 4 aliphatic rings. The fourth-order valence-corrected chi connectivity index (χ4v) is 6.84. The number of nitrogens with zero attached hydrogens (tertiary/aromatic N) is 3. The molecule has 4 aliphatic heterocycles. The van der Waals surface area contributed by atoms with Crippen molar-refractivity contribution in [3.63, 3.8) is 0 Å². The summed E-state index contributed by atoms with van der Waals surface area (Å²) in [5, 5.41) is 0.601. The van der Waals surface area contributed by atoms with E-state index in [1.54, 1.807) is 23.8 Å². The highest BCUT2D eigenvalue weighted by molar-refractivity contribution is 7.22. The second kappa shape index (κ2) is 8.30. The maximum absolute atomic E-state index is 13.7. The number of hydrogen-bond acceptors (Lipinski definition) is 8. The van der Waals surface area contributed by atoms with Crippen LogP contribution < -0.4 is 9.64 Å². The first-order valence-electron chi connectivity index (χ1n) is 12.0. The Hall–Kier alpha value is -2.98. The highest BCUT2D eigenvalue weighted by atomic mass is 32.1. The Labute approximate surface area is 206 Å². The van der Waals surface area contributed by atoms with E-state index < -0.39 is 23.5 Å². The van der Waals surface area contributed by atoms with E-state index in [2.05, 4.69) is 4.98 Å². The molecule has 0 radical (unpaired) electrons. The molecule has 1 spiro atoms. The lowest BCUT2D eigenvalue weighted by atomic mass is 9.76. The predicted octanol–water partition coefficient (Wildman–Crippen LogP) is 2.39. The van der Waals surface area contributed by atoms with Gasteiger partial charge in [-0.2, -0.15) is 0 Å². The Balaban J connectivity index is 1.22. The van der Waals surface area contributed by atoms with E-state index >= 15 is 0 Å². The number of likely N-dealkylation sites (tertiary alicyclic amines) is 1. The van der Waals surface area contributed by atoms with E-state index in [1.165, 1.54) is 11.3 Å². The zero-order chi connectivity index (χ0) is 24.3. The van der Waals surface area contributed by atoms with Crippen LogP contribution in [0, 0.1) is 17.8 Å². The number of benzene rings is 1. The molecule has 5 heterocycles. The number of fused-ring (bicyclic) bond motifs is 2. The van der Waals surface area contributed by atoms with E-state index in [-0.39, 0.29) is 23.7 Å². The number of carbonyl (C=O) groups excluding carboxylic acids is 3. The SMILES string of the molecule is CCOC(=O)C1CCN(C(=O)[C@H]2[C@@H]3C=C[C@]4(CN(c5nc6cc(OC)ccc6s5)C(=O)[C@@H]24)O3)CC1. The van der Waals surface area contributed by atoms with Crippen LogP contribution >= 0.6 is 11.3 Å². The van der Waals surface area contributed by atoms with E-state index in [0.29, 0.717) is 50.0 Å². The van der Waals surface area contributed by atoms with Gasteiger partial charge in [0.05, 0.1) is 54.3 Å². The lowest BCUT2D eigenvalue weighted by Gasteiger charge is -2.34. The number of thiazole rings is 1. The third-order valence-electron chi connectivity index (χ3n) is 7.63. The second-order valence-corrected chi connectivity index (χ2v) is 10.5. The van der Waals surface area contributed by atoms with Crippen molar-refractivity contribution in [3.8, 4) is 5.75 Å². The van der Waals surface area contributed by atoms with Crippen molar-refractivity contribution in [3.05, 3.63) is 30.4 Å². The maximum atomic E-state index is 13.7. The minimum absolute atomic E-state index is 0.0715. The summed E-state index contributed by atoms with van der Waals surface area (Å²) < 4.78 is 17.7. The molecule has 3 fully saturated rings. The predicted molar refractivity (Wildman–Crippen MR) is 128 cm³/mol. The molecule has 0 N–H and O–H groups in total. The molecule has 1 aromatic heterocycles. The molecular weight excluding hydrogens is 470 g/mol. The number of amides is 2. The molecule has 4 atom stereocenters. The first-order chi connectivity index (χ1) is 16.9. The molecule has 0 saturated carbocycles. The van der Waals surface area contributed by atoms with Gasteiger partial charge in [-0.3, -0.25) is 19.3 Å². The molecular formula is C25H27N3O6S. The fraction of sp³-hybridized carbons (Fsp3) is 0.520. The normalized spacial score (nSPS) is 29.8. The van der Waals surface area contributed by atoms with Crippen LogP contribution in [0.3, 0.4) is 0 Å². The molecule has 184 valence electrons. The summed E-state index contributed by atoms with van der Waals surface area (Å²) >= 11 is 1.44. The average molecular weight is 498 g/mol. The van der Waals surface area contributed by atoms with Gasteiger partial charge in [0.15, 0.2) is 5.13 Å². The number of methoxy groups -OCH3 is 1. The average Bonchev–Trinajstić information content (AvgIpc) is 3.62. The van der Waals surface area contributed by atoms with Crippen LogP contribution in [0.1, 0.15) is 19.8 Å². The molecule has 2 amide bonds. The molecule has 35 heavy (non-hydrogen) atoms. The Kier molecular flexibility index (Phi) is 5.33. The first-order valence-corrected chi connectivity index (χ1v) is 12.8. The van der Waals surface area contributed by atoms with Gasteiger partial charge in [0.2, 0.25) is 11.8 Å². The van der Waals surface area contributed by atoms with Gasteiger partial charge in [0, 0.05) is 19.2 Å². The van der Waals surface area contributed by atoms with Gasteiger partial charge >= 0.3 is 5.97 Å². The smallest absolute Gasteiger partial charge is 0.309 e.